The molecule has 0 bridgehead atoms. The molecule has 1 atom stereocenters. The molecule has 0 fully saturated rings. The zero-order valence-electron chi connectivity index (χ0n) is 14.1. The Balaban J connectivity index is 1.98. The minimum absolute atomic E-state index is 0.255. The Hall–Kier alpha value is -2.62. The topological polar surface area (TPSA) is 42.2 Å². The van der Waals surface area contributed by atoms with Gasteiger partial charge < -0.3 is 9.67 Å². The lowest BCUT2D eigenvalue weighted by Crippen LogP contribution is -2.15. The van der Waals surface area contributed by atoms with E-state index in [9.17, 15) is 14.3 Å². The van der Waals surface area contributed by atoms with Crippen molar-refractivity contribution in [3.8, 4) is 0 Å². The van der Waals surface area contributed by atoms with E-state index >= 15 is 0 Å². The summed E-state index contributed by atoms with van der Waals surface area (Å²) in [5.41, 5.74) is 3.98. The van der Waals surface area contributed by atoms with Crippen molar-refractivity contribution in [2.24, 2.45) is 5.92 Å². The van der Waals surface area contributed by atoms with Crippen molar-refractivity contribution >= 4 is 16.9 Å². The number of carboxylic acids is 1. The van der Waals surface area contributed by atoms with E-state index < -0.39 is 5.97 Å². The predicted molar refractivity (Wildman–Crippen MR) is 95.6 cm³/mol. The van der Waals surface area contributed by atoms with E-state index in [1.54, 1.807) is 24.3 Å². The second kappa shape index (κ2) is 6.03. The Morgan fingerprint density at radius 3 is 2.80 bits per heavy atom. The highest BCUT2D eigenvalue weighted by molar-refractivity contribution is 6.04. The molecule has 0 saturated carbocycles. The van der Waals surface area contributed by atoms with Crippen molar-refractivity contribution in [1.82, 2.24) is 4.57 Å². The van der Waals surface area contributed by atoms with Crippen LogP contribution in [0.15, 0.2) is 42.5 Å². The maximum absolute atomic E-state index is 14.2. The van der Waals surface area contributed by atoms with Gasteiger partial charge in [-0.05, 0) is 42.9 Å². The number of hydrogen-bond acceptors (Lipinski definition) is 1. The lowest BCUT2D eigenvalue weighted by atomic mass is 9.87. The summed E-state index contributed by atoms with van der Waals surface area (Å²) in [6.45, 7) is 2.58. The van der Waals surface area contributed by atoms with E-state index in [1.807, 2.05) is 16.7 Å². The van der Waals surface area contributed by atoms with Crippen molar-refractivity contribution < 1.29 is 14.3 Å². The molecule has 3 aromatic rings. The third kappa shape index (κ3) is 2.62. The van der Waals surface area contributed by atoms with E-state index in [0.717, 1.165) is 35.9 Å². The van der Waals surface area contributed by atoms with Gasteiger partial charge in [0.05, 0.1) is 17.6 Å². The van der Waals surface area contributed by atoms with Crippen LogP contribution in [0.1, 0.15) is 40.5 Å². The third-order valence-corrected chi connectivity index (χ3v) is 5.25. The molecule has 0 aliphatic heterocycles. The molecule has 1 aliphatic carbocycles. The number of nitrogens with zero attached hydrogens (tertiary/aromatic N) is 1. The van der Waals surface area contributed by atoms with Crippen molar-refractivity contribution in [3.05, 3.63) is 70.7 Å². The first-order valence-corrected chi connectivity index (χ1v) is 8.66. The van der Waals surface area contributed by atoms with Gasteiger partial charge in [0.1, 0.15) is 5.82 Å². The van der Waals surface area contributed by atoms with Crippen molar-refractivity contribution in [1.29, 1.82) is 0 Å². The third-order valence-electron chi connectivity index (χ3n) is 5.25. The fourth-order valence-electron chi connectivity index (χ4n) is 4.02. The maximum Gasteiger partial charge on any atom is 0.337 e. The van der Waals surface area contributed by atoms with Crippen LogP contribution < -0.4 is 0 Å². The Labute approximate surface area is 145 Å². The summed E-state index contributed by atoms with van der Waals surface area (Å²) in [7, 11) is 0. The van der Waals surface area contributed by atoms with Crippen LogP contribution in [0.4, 0.5) is 4.39 Å². The van der Waals surface area contributed by atoms with E-state index in [2.05, 4.69) is 6.92 Å². The number of para-hydroxylation sites is 1. The van der Waals surface area contributed by atoms with E-state index in [4.69, 9.17) is 0 Å². The Kier molecular flexibility index (Phi) is 3.83. The number of halogens is 1. The van der Waals surface area contributed by atoms with Crippen LogP contribution in [0.25, 0.3) is 10.9 Å². The molecule has 1 aliphatic rings. The Morgan fingerprint density at radius 1 is 1.24 bits per heavy atom. The molecular weight excluding hydrogens is 317 g/mol. The van der Waals surface area contributed by atoms with Crippen LogP contribution in [0.2, 0.25) is 0 Å². The van der Waals surface area contributed by atoms with Crippen molar-refractivity contribution in [2.45, 2.75) is 32.7 Å². The standard InChI is InChI=1S/C21H20FNO2/c1-13-9-10-19-17(11-13)15-6-4-7-16(21(24)25)20(15)23(19)12-14-5-2-3-8-18(14)22/h2-8,13H,9-12H2,1H3,(H,24,25). The average Bonchev–Trinajstić information content (AvgIpc) is 2.90. The molecular formula is C21H20FNO2. The number of fused-ring (bicyclic) bond motifs is 3. The number of aromatic nitrogens is 1. The highest BCUT2D eigenvalue weighted by Gasteiger charge is 2.26. The fraction of sp³-hybridized carbons (Fsp3) is 0.286. The van der Waals surface area contributed by atoms with Crippen molar-refractivity contribution in [2.75, 3.05) is 0 Å². The van der Waals surface area contributed by atoms with Gasteiger partial charge >= 0.3 is 5.97 Å². The van der Waals surface area contributed by atoms with Crippen LogP contribution in [0, 0.1) is 11.7 Å². The SMILES string of the molecule is CC1CCc2c(c3cccc(C(=O)O)c3n2Cc2ccccc2F)C1. The van der Waals surface area contributed by atoms with Gasteiger partial charge in [0.15, 0.2) is 0 Å². The molecule has 1 N–H and O–H groups in total. The molecule has 0 amide bonds. The summed E-state index contributed by atoms with van der Waals surface area (Å²) in [6.07, 6.45) is 2.92. The zero-order chi connectivity index (χ0) is 17.6. The van der Waals surface area contributed by atoms with Gasteiger partial charge in [0, 0.05) is 16.6 Å². The molecule has 2 aromatic carbocycles. The van der Waals surface area contributed by atoms with Crippen molar-refractivity contribution in [3.63, 3.8) is 0 Å². The number of carbonyl (C=O) groups is 1. The van der Waals surface area contributed by atoms with E-state index in [0.29, 0.717) is 18.0 Å². The summed E-state index contributed by atoms with van der Waals surface area (Å²) >= 11 is 0. The monoisotopic (exact) mass is 337 g/mol. The van der Waals surface area contributed by atoms with Gasteiger partial charge in [0.2, 0.25) is 0 Å². The van der Waals surface area contributed by atoms with Gasteiger partial charge in [-0.15, -0.1) is 0 Å². The van der Waals surface area contributed by atoms with Crippen LogP contribution in [-0.2, 0) is 19.4 Å². The molecule has 1 unspecified atom stereocenters. The number of aromatic carboxylic acids is 1. The molecule has 0 saturated heterocycles. The molecule has 1 heterocycles. The van der Waals surface area contributed by atoms with E-state index in [1.165, 1.54) is 11.6 Å². The number of carboxylic acid groups (broad SMARTS) is 1. The summed E-state index contributed by atoms with van der Waals surface area (Å²) in [5.74, 6) is -0.619. The Bertz CT molecular complexity index is 973. The lowest BCUT2D eigenvalue weighted by Gasteiger charge is -2.21. The lowest BCUT2D eigenvalue weighted by molar-refractivity contribution is 0.0698. The average molecular weight is 337 g/mol. The first-order chi connectivity index (χ1) is 12.1. The first kappa shape index (κ1) is 15.9. The zero-order valence-corrected chi connectivity index (χ0v) is 14.1. The molecule has 4 heteroatoms. The minimum atomic E-state index is -0.941. The van der Waals surface area contributed by atoms with Crippen LogP contribution in [0.3, 0.4) is 0 Å². The van der Waals surface area contributed by atoms with Crippen LogP contribution in [0.5, 0.6) is 0 Å². The number of hydrogen-bond donors (Lipinski definition) is 1. The predicted octanol–water partition coefficient (Wildman–Crippen LogP) is 4.65. The summed E-state index contributed by atoms with van der Waals surface area (Å²) in [6, 6.07) is 12.1. The number of rotatable bonds is 3. The summed E-state index contributed by atoms with van der Waals surface area (Å²) < 4.78 is 16.2. The summed E-state index contributed by atoms with van der Waals surface area (Å²) in [4.78, 5) is 11.8. The second-order valence-corrected chi connectivity index (χ2v) is 6.96. The first-order valence-electron chi connectivity index (χ1n) is 8.66. The van der Waals surface area contributed by atoms with Gasteiger partial charge in [-0.1, -0.05) is 37.3 Å². The fourth-order valence-corrected chi connectivity index (χ4v) is 4.02. The maximum atomic E-state index is 14.2. The molecule has 25 heavy (non-hydrogen) atoms. The minimum Gasteiger partial charge on any atom is -0.478 e. The van der Waals surface area contributed by atoms with Crippen LogP contribution in [-0.4, -0.2) is 15.6 Å². The van der Waals surface area contributed by atoms with Gasteiger partial charge in [-0.3, -0.25) is 0 Å². The normalized spacial score (nSPS) is 16.8. The number of benzene rings is 2. The second-order valence-electron chi connectivity index (χ2n) is 6.96. The molecule has 0 radical (unpaired) electrons. The molecule has 128 valence electrons. The molecule has 1 aromatic heterocycles. The van der Waals surface area contributed by atoms with Gasteiger partial charge in [-0.25, -0.2) is 9.18 Å². The summed E-state index contributed by atoms with van der Waals surface area (Å²) in [5, 5.41) is 10.7. The highest BCUT2D eigenvalue weighted by atomic mass is 19.1. The highest BCUT2D eigenvalue weighted by Crippen LogP contribution is 2.36. The van der Waals surface area contributed by atoms with Gasteiger partial charge in [0.25, 0.3) is 0 Å². The van der Waals surface area contributed by atoms with E-state index in [-0.39, 0.29) is 11.4 Å². The van der Waals surface area contributed by atoms with Gasteiger partial charge in [-0.2, -0.15) is 0 Å². The molecule has 3 nitrogen and oxygen atoms in total. The molecule has 0 spiro atoms. The quantitative estimate of drug-likeness (QED) is 0.756. The Morgan fingerprint density at radius 2 is 2.04 bits per heavy atom. The van der Waals surface area contributed by atoms with Crippen LogP contribution >= 0.6 is 0 Å². The molecule has 4 rings (SSSR count). The smallest absolute Gasteiger partial charge is 0.337 e. The largest absolute Gasteiger partial charge is 0.478 e.